The van der Waals surface area contributed by atoms with E-state index < -0.39 is 0 Å². The van der Waals surface area contributed by atoms with Gasteiger partial charge in [-0.1, -0.05) is 50.1 Å². The van der Waals surface area contributed by atoms with Crippen molar-refractivity contribution in [3.63, 3.8) is 0 Å². The molecule has 5 heteroatoms. The van der Waals surface area contributed by atoms with Crippen LogP contribution in [0, 0.1) is 3.57 Å². The monoisotopic (exact) mass is 510 g/mol. The van der Waals surface area contributed by atoms with Gasteiger partial charge in [0.05, 0.1) is 19.0 Å². The molecule has 2 aromatic carbocycles. The Bertz CT molecular complexity index is 617. The second-order valence-electron chi connectivity index (χ2n) is 4.11. The predicted molar refractivity (Wildman–Crippen MR) is 97.2 cm³/mol. The van der Waals surface area contributed by atoms with Crippen molar-refractivity contribution in [3.8, 4) is 11.5 Å². The highest BCUT2D eigenvalue weighted by atomic mass is 127. The number of ether oxygens (including phenoxy) is 2. The molecule has 0 saturated carbocycles. The second kappa shape index (κ2) is 7.13. The summed E-state index contributed by atoms with van der Waals surface area (Å²) in [5.41, 5.74) is 2.33. The molecular formula is C15H13Br2IO2. The lowest BCUT2D eigenvalue weighted by molar-refractivity contribution is 0.354. The van der Waals surface area contributed by atoms with Gasteiger partial charge in [-0.3, -0.25) is 0 Å². The van der Waals surface area contributed by atoms with Crippen LogP contribution in [0.25, 0.3) is 0 Å². The highest BCUT2D eigenvalue weighted by Crippen LogP contribution is 2.42. The zero-order chi connectivity index (χ0) is 14.7. The third-order valence-electron chi connectivity index (χ3n) is 2.95. The van der Waals surface area contributed by atoms with Crippen molar-refractivity contribution < 1.29 is 9.47 Å². The number of hydrogen-bond donors (Lipinski definition) is 0. The van der Waals surface area contributed by atoms with E-state index in [0.29, 0.717) is 5.75 Å². The fraction of sp³-hybridized carbons (Fsp3) is 0.200. The van der Waals surface area contributed by atoms with Crippen LogP contribution < -0.4 is 9.47 Å². The summed E-state index contributed by atoms with van der Waals surface area (Å²) in [7, 11) is 3.28. The average molecular weight is 512 g/mol. The molecule has 0 N–H and O–H groups in total. The standard InChI is InChI=1S/C15H13Br2IO2/c1-19-13-7-10(11(16)8-14(13)20-2)15(17)9-5-3-4-6-12(9)18/h3-8,15H,1-2H3. The van der Waals surface area contributed by atoms with Crippen LogP contribution in [-0.4, -0.2) is 14.2 Å². The molecule has 0 aromatic heterocycles. The molecule has 2 nitrogen and oxygen atoms in total. The van der Waals surface area contributed by atoms with Gasteiger partial charge >= 0.3 is 0 Å². The Morgan fingerprint density at radius 1 is 1.00 bits per heavy atom. The van der Waals surface area contributed by atoms with Gasteiger partial charge in [0.2, 0.25) is 0 Å². The van der Waals surface area contributed by atoms with Gasteiger partial charge < -0.3 is 9.47 Å². The topological polar surface area (TPSA) is 18.5 Å². The highest BCUT2D eigenvalue weighted by molar-refractivity contribution is 14.1. The van der Waals surface area contributed by atoms with Crippen molar-refractivity contribution in [2.75, 3.05) is 14.2 Å². The summed E-state index contributed by atoms with van der Waals surface area (Å²) in [5.74, 6) is 1.44. The normalized spacial score (nSPS) is 12.1. The molecule has 106 valence electrons. The maximum absolute atomic E-state index is 5.38. The zero-order valence-electron chi connectivity index (χ0n) is 11.0. The van der Waals surface area contributed by atoms with Crippen LogP contribution in [0.5, 0.6) is 11.5 Å². The fourth-order valence-corrected chi connectivity index (χ4v) is 4.68. The largest absolute Gasteiger partial charge is 0.493 e. The van der Waals surface area contributed by atoms with Gasteiger partial charge in [-0.2, -0.15) is 0 Å². The van der Waals surface area contributed by atoms with E-state index in [0.717, 1.165) is 15.8 Å². The molecule has 1 atom stereocenters. The lowest BCUT2D eigenvalue weighted by Gasteiger charge is -2.17. The molecule has 0 aliphatic rings. The van der Waals surface area contributed by atoms with Crippen molar-refractivity contribution in [3.05, 3.63) is 55.6 Å². The quantitative estimate of drug-likeness (QED) is 0.395. The Kier molecular flexibility index (Phi) is 5.74. The summed E-state index contributed by atoms with van der Waals surface area (Å²) in [6, 6.07) is 12.2. The molecule has 0 saturated heterocycles. The molecule has 0 bridgehead atoms. The van der Waals surface area contributed by atoms with Crippen molar-refractivity contribution in [1.82, 2.24) is 0 Å². The van der Waals surface area contributed by atoms with Gasteiger partial charge in [0.1, 0.15) is 0 Å². The lowest BCUT2D eigenvalue weighted by atomic mass is 10.0. The number of rotatable bonds is 4. The first-order chi connectivity index (χ1) is 9.58. The van der Waals surface area contributed by atoms with Crippen LogP contribution in [0.1, 0.15) is 16.0 Å². The molecule has 2 aromatic rings. The number of benzene rings is 2. The SMILES string of the molecule is COc1cc(Br)c(C(Br)c2ccccc2I)cc1OC. The molecule has 1 unspecified atom stereocenters. The van der Waals surface area contributed by atoms with E-state index in [1.807, 2.05) is 24.3 Å². The summed E-state index contributed by atoms with van der Waals surface area (Å²) in [5, 5.41) is 0. The maximum atomic E-state index is 5.38. The Hall–Kier alpha value is -0.270. The first-order valence-corrected chi connectivity index (χ1v) is 8.67. The average Bonchev–Trinajstić information content (AvgIpc) is 2.46. The molecule has 0 heterocycles. The zero-order valence-corrected chi connectivity index (χ0v) is 16.3. The van der Waals surface area contributed by atoms with Gasteiger partial charge in [-0.05, 0) is 51.9 Å². The van der Waals surface area contributed by atoms with Gasteiger partial charge in [-0.25, -0.2) is 0 Å². The predicted octanol–water partition coefficient (Wildman–Crippen LogP) is 5.56. The number of halogens is 3. The molecule has 0 aliphatic carbocycles. The summed E-state index contributed by atoms with van der Waals surface area (Å²) in [4.78, 5) is 0.0878. The van der Waals surface area contributed by atoms with Crippen molar-refractivity contribution in [2.45, 2.75) is 4.83 Å². The van der Waals surface area contributed by atoms with E-state index in [1.165, 1.54) is 9.13 Å². The minimum absolute atomic E-state index is 0.0878. The Balaban J connectivity index is 2.50. The van der Waals surface area contributed by atoms with Crippen molar-refractivity contribution in [2.24, 2.45) is 0 Å². The van der Waals surface area contributed by atoms with Gasteiger partial charge in [0.15, 0.2) is 11.5 Å². The Morgan fingerprint density at radius 2 is 1.60 bits per heavy atom. The molecule has 2 rings (SSSR count). The van der Waals surface area contributed by atoms with Crippen molar-refractivity contribution >= 4 is 54.5 Å². The third kappa shape index (κ3) is 3.31. The van der Waals surface area contributed by atoms with E-state index in [9.17, 15) is 0 Å². The number of hydrogen-bond acceptors (Lipinski definition) is 2. The van der Waals surface area contributed by atoms with Crippen LogP contribution in [-0.2, 0) is 0 Å². The fourth-order valence-electron chi connectivity index (χ4n) is 1.91. The van der Waals surface area contributed by atoms with Crippen LogP contribution in [0.4, 0.5) is 0 Å². The summed E-state index contributed by atoms with van der Waals surface area (Å²) >= 11 is 9.73. The van der Waals surface area contributed by atoms with Gasteiger partial charge in [-0.15, -0.1) is 0 Å². The summed E-state index contributed by atoms with van der Waals surface area (Å²) < 4.78 is 12.9. The molecule has 0 spiro atoms. The molecule has 0 fully saturated rings. The smallest absolute Gasteiger partial charge is 0.161 e. The van der Waals surface area contributed by atoms with E-state index in [1.54, 1.807) is 14.2 Å². The minimum Gasteiger partial charge on any atom is -0.493 e. The Labute approximate surface area is 149 Å². The number of alkyl halides is 1. The van der Waals surface area contributed by atoms with Gasteiger partial charge in [0.25, 0.3) is 0 Å². The van der Waals surface area contributed by atoms with E-state index in [4.69, 9.17) is 9.47 Å². The van der Waals surface area contributed by atoms with Crippen LogP contribution in [0.3, 0.4) is 0 Å². The van der Waals surface area contributed by atoms with E-state index >= 15 is 0 Å². The Morgan fingerprint density at radius 3 is 2.20 bits per heavy atom. The van der Waals surface area contributed by atoms with Crippen molar-refractivity contribution in [1.29, 1.82) is 0 Å². The first kappa shape index (κ1) is 16.1. The highest BCUT2D eigenvalue weighted by Gasteiger charge is 2.19. The minimum atomic E-state index is 0.0878. The molecule has 20 heavy (non-hydrogen) atoms. The summed E-state index contributed by atoms with van der Waals surface area (Å²) in [6.45, 7) is 0. The molecule has 0 radical (unpaired) electrons. The number of methoxy groups -OCH3 is 2. The molecule has 0 amide bonds. The second-order valence-corrected chi connectivity index (χ2v) is 7.04. The van der Waals surface area contributed by atoms with Gasteiger partial charge in [0, 0.05) is 8.04 Å². The van der Waals surface area contributed by atoms with Crippen LogP contribution >= 0.6 is 54.5 Å². The van der Waals surface area contributed by atoms with Crippen LogP contribution in [0.15, 0.2) is 40.9 Å². The first-order valence-electron chi connectivity index (χ1n) is 5.88. The van der Waals surface area contributed by atoms with Crippen LogP contribution in [0.2, 0.25) is 0 Å². The maximum Gasteiger partial charge on any atom is 0.161 e. The third-order valence-corrected chi connectivity index (χ3v) is 5.61. The van der Waals surface area contributed by atoms with E-state index in [2.05, 4.69) is 66.6 Å². The summed E-state index contributed by atoms with van der Waals surface area (Å²) in [6.07, 6.45) is 0. The molecular weight excluding hydrogens is 499 g/mol. The molecule has 0 aliphatic heterocycles. The van der Waals surface area contributed by atoms with E-state index in [-0.39, 0.29) is 4.83 Å². The lowest BCUT2D eigenvalue weighted by Crippen LogP contribution is -1.99.